The first-order valence-electron chi connectivity index (χ1n) is 8.10. The van der Waals surface area contributed by atoms with Crippen molar-refractivity contribution in [2.75, 3.05) is 27.2 Å². The highest BCUT2D eigenvalue weighted by Crippen LogP contribution is 2.43. The Bertz CT molecular complexity index is 379. The number of likely N-dealkylation sites (N-methyl/N-ethyl adjacent to an activating group) is 1. The summed E-state index contributed by atoms with van der Waals surface area (Å²) in [5.41, 5.74) is -0.456. The smallest absolute Gasteiger partial charge is 0.327 e. The van der Waals surface area contributed by atoms with E-state index in [1.54, 1.807) is 0 Å². The molecule has 0 saturated heterocycles. The molecule has 0 aromatic heterocycles. The van der Waals surface area contributed by atoms with Crippen LogP contribution >= 0.6 is 0 Å². The topological polar surface area (TPSA) is 41.6 Å². The van der Waals surface area contributed by atoms with Gasteiger partial charge >= 0.3 is 5.97 Å². The van der Waals surface area contributed by atoms with E-state index in [9.17, 15) is 4.79 Å². The SMILES string of the molecule is COC(=O)C(CN(C)CC1CC1C)(NC1CC1)C1CC1. The van der Waals surface area contributed by atoms with Crippen LogP contribution in [0.1, 0.15) is 39.0 Å². The van der Waals surface area contributed by atoms with Crippen LogP contribution in [0.25, 0.3) is 0 Å². The summed E-state index contributed by atoms with van der Waals surface area (Å²) in [6.45, 7) is 4.22. The molecule has 3 saturated carbocycles. The van der Waals surface area contributed by atoms with Gasteiger partial charge in [0.05, 0.1) is 7.11 Å². The van der Waals surface area contributed by atoms with Crippen LogP contribution in [0.5, 0.6) is 0 Å². The summed E-state index contributed by atoms with van der Waals surface area (Å²) in [7, 11) is 3.68. The van der Waals surface area contributed by atoms with Gasteiger partial charge in [-0.3, -0.25) is 5.32 Å². The molecule has 0 radical (unpaired) electrons. The fourth-order valence-corrected chi connectivity index (χ4v) is 3.48. The molecule has 1 N–H and O–H groups in total. The van der Waals surface area contributed by atoms with E-state index in [-0.39, 0.29) is 5.97 Å². The van der Waals surface area contributed by atoms with Crippen LogP contribution in [-0.4, -0.2) is 49.7 Å². The minimum Gasteiger partial charge on any atom is -0.468 e. The maximum Gasteiger partial charge on any atom is 0.327 e. The Morgan fingerprint density at radius 1 is 1.35 bits per heavy atom. The largest absolute Gasteiger partial charge is 0.468 e. The molecular formula is C16H28N2O2. The minimum absolute atomic E-state index is 0.0532. The molecular weight excluding hydrogens is 252 g/mol. The quantitative estimate of drug-likeness (QED) is 0.687. The number of rotatable bonds is 8. The van der Waals surface area contributed by atoms with Crippen molar-refractivity contribution < 1.29 is 9.53 Å². The van der Waals surface area contributed by atoms with Crippen LogP contribution in [0, 0.1) is 17.8 Å². The number of methoxy groups -OCH3 is 1. The molecule has 0 spiro atoms. The highest BCUT2D eigenvalue weighted by molar-refractivity contribution is 5.82. The van der Waals surface area contributed by atoms with Gasteiger partial charge in [0.15, 0.2) is 0 Å². The molecule has 3 unspecified atom stereocenters. The third kappa shape index (κ3) is 3.01. The second-order valence-electron chi connectivity index (χ2n) is 7.33. The summed E-state index contributed by atoms with van der Waals surface area (Å²) in [6.07, 6.45) is 6.06. The highest BCUT2D eigenvalue weighted by Gasteiger charge is 2.54. The summed E-state index contributed by atoms with van der Waals surface area (Å²) < 4.78 is 5.16. The first kappa shape index (κ1) is 14.3. The van der Waals surface area contributed by atoms with Gasteiger partial charge in [-0.15, -0.1) is 0 Å². The Kier molecular flexibility index (Phi) is 3.80. The molecule has 0 aromatic rings. The summed E-state index contributed by atoms with van der Waals surface area (Å²) in [5, 5.41) is 3.64. The van der Waals surface area contributed by atoms with Crippen LogP contribution in [0.15, 0.2) is 0 Å². The van der Waals surface area contributed by atoms with Crippen molar-refractivity contribution in [2.45, 2.75) is 50.6 Å². The Labute approximate surface area is 122 Å². The number of nitrogens with zero attached hydrogens (tertiary/aromatic N) is 1. The number of nitrogens with one attached hydrogen (secondary N) is 1. The fourth-order valence-electron chi connectivity index (χ4n) is 3.48. The number of ether oxygens (including phenoxy) is 1. The molecule has 0 heterocycles. The molecule has 0 aromatic carbocycles. The van der Waals surface area contributed by atoms with Crippen LogP contribution < -0.4 is 5.32 Å². The van der Waals surface area contributed by atoms with Crippen LogP contribution in [-0.2, 0) is 9.53 Å². The van der Waals surface area contributed by atoms with E-state index in [1.807, 2.05) is 0 Å². The molecule has 4 nitrogen and oxygen atoms in total. The van der Waals surface area contributed by atoms with Gasteiger partial charge in [0.1, 0.15) is 5.54 Å². The van der Waals surface area contributed by atoms with Gasteiger partial charge in [-0.25, -0.2) is 4.79 Å². The van der Waals surface area contributed by atoms with Crippen LogP contribution in [0.3, 0.4) is 0 Å². The predicted molar refractivity (Wildman–Crippen MR) is 78.4 cm³/mol. The van der Waals surface area contributed by atoms with Gasteiger partial charge in [0, 0.05) is 19.1 Å². The molecule has 3 aliphatic carbocycles. The van der Waals surface area contributed by atoms with Gasteiger partial charge in [0.25, 0.3) is 0 Å². The molecule has 3 rings (SSSR count). The molecule has 0 amide bonds. The molecule has 3 aliphatic rings. The van der Waals surface area contributed by atoms with E-state index in [0.717, 1.165) is 37.8 Å². The molecule has 20 heavy (non-hydrogen) atoms. The van der Waals surface area contributed by atoms with Gasteiger partial charge in [-0.05, 0) is 56.9 Å². The standard InChI is InChI=1S/C16H28N2O2/c1-11-8-12(11)9-18(2)10-16(13-4-5-13,15(19)20-3)17-14-6-7-14/h11-14,17H,4-10H2,1-3H3. The van der Waals surface area contributed by atoms with Crippen molar-refractivity contribution in [3.8, 4) is 0 Å². The van der Waals surface area contributed by atoms with Crippen molar-refractivity contribution in [1.29, 1.82) is 0 Å². The Morgan fingerprint density at radius 3 is 2.45 bits per heavy atom. The molecule has 4 heteroatoms. The third-order valence-corrected chi connectivity index (χ3v) is 5.20. The van der Waals surface area contributed by atoms with Crippen molar-refractivity contribution >= 4 is 5.97 Å². The number of esters is 1. The van der Waals surface area contributed by atoms with Crippen LogP contribution in [0.4, 0.5) is 0 Å². The van der Waals surface area contributed by atoms with Crippen LogP contribution in [0.2, 0.25) is 0 Å². The first-order chi connectivity index (χ1) is 9.55. The number of carbonyl (C=O) groups excluding carboxylic acids is 1. The van der Waals surface area contributed by atoms with Gasteiger partial charge < -0.3 is 9.64 Å². The van der Waals surface area contributed by atoms with E-state index in [1.165, 1.54) is 26.4 Å². The summed E-state index contributed by atoms with van der Waals surface area (Å²) in [5.74, 6) is 2.11. The van der Waals surface area contributed by atoms with Gasteiger partial charge in [0.2, 0.25) is 0 Å². The molecule has 114 valence electrons. The van der Waals surface area contributed by atoms with E-state index in [2.05, 4.69) is 24.2 Å². The average molecular weight is 280 g/mol. The maximum atomic E-state index is 12.5. The predicted octanol–water partition coefficient (Wildman–Crippen LogP) is 1.65. The lowest BCUT2D eigenvalue weighted by Crippen LogP contribution is -2.61. The lowest BCUT2D eigenvalue weighted by molar-refractivity contribution is -0.150. The van der Waals surface area contributed by atoms with E-state index >= 15 is 0 Å². The van der Waals surface area contributed by atoms with Crippen molar-refractivity contribution in [3.63, 3.8) is 0 Å². The van der Waals surface area contributed by atoms with E-state index in [0.29, 0.717) is 12.0 Å². The molecule has 3 fully saturated rings. The third-order valence-electron chi connectivity index (χ3n) is 5.20. The Balaban J connectivity index is 1.67. The normalized spacial score (nSPS) is 32.0. The van der Waals surface area contributed by atoms with Crippen molar-refractivity contribution in [3.05, 3.63) is 0 Å². The number of hydrogen-bond donors (Lipinski definition) is 1. The first-order valence-corrected chi connectivity index (χ1v) is 8.10. The summed E-state index contributed by atoms with van der Waals surface area (Å²) in [4.78, 5) is 14.8. The second kappa shape index (κ2) is 5.30. The van der Waals surface area contributed by atoms with Gasteiger partial charge in [-0.2, -0.15) is 0 Å². The maximum absolute atomic E-state index is 12.5. The molecule has 0 bridgehead atoms. The van der Waals surface area contributed by atoms with E-state index < -0.39 is 5.54 Å². The molecule has 3 atom stereocenters. The van der Waals surface area contributed by atoms with Gasteiger partial charge in [-0.1, -0.05) is 6.92 Å². The Hall–Kier alpha value is -0.610. The summed E-state index contributed by atoms with van der Waals surface area (Å²) in [6, 6.07) is 0.531. The lowest BCUT2D eigenvalue weighted by Gasteiger charge is -2.36. The highest BCUT2D eigenvalue weighted by atomic mass is 16.5. The average Bonchev–Trinajstić information content (AvgIpc) is 3.20. The number of carbonyl (C=O) groups is 1. The lowest BCUT2D eigenvalue weighted by atomic mass is 9.91. The summed E-state index contributed by atoms with van der Waals surface area (Å²) >= 11 is 0. The minimum atomic E-state index is -0.456. The Morgan fingerprint density at radius 2 is 2.00 bits per heavy atom. The van der Waals surface area contributed by atoms with E-state index in [4.69, 9.17) is 4.74 Å². The van der Waals surface area contributed by atoms with Crippen molar-refractivity contribution in [2.24, 2.45) is 17.8 Å². The van der Waals surface area contributed by atoms with Crippen molar-refractivity contribution in [1.82, 2.24) is 10.2 Å². The zero-order valence-corrected chi connectivity index (χ0v) is 13.0. The fraction of sp³-hybridized carbons (Fsp3) is 0.938. The monoisotopic (exact) mass is 280 g/mol. The second-order valence-corrected chi connectivity index (χ2v) is 7.33. The molecule has 0 aliphatic heterocycles. The number of hydrogen-bond acceptors (Lipinski definition) is 4. The zero-order valence-electron chi connectivity index (χ0n) is 13.0. The zero-order chi connectivity index (χ0) is 14.3.